The van der Waals surface area contributed by atoms with E-state index in [4.69, 9.17) is 0 Å². The van der Waals surface area contributed by atoms with Gasteiger partial charge in [0.1, 0.15) is 0 Å². The molecule has 1 aromatic carbocycles. The Kier molecular flexibility index (Phi) is 5.33. The molecule has 1 saturated heterocycles. The number of amides is 2. The van der Waals surface area contributed by atoms with E-state index in [0.29, 0.717) is 25.1 Å². The summed E-state index contributed by atoms with van der Waals surface area (Å²) in [6, 6.07) is 5.82. The molecule has 1 aliphatic heterocycles. The maximum atomic E-state index is 12.5. The molecule has 2 aromatic heterocycles. The van der Waals surface area contributed by atoms with Crippen LogP contribution in [0.5, 0.6) is 0 Å². The minimum absolute atomic E-state index is 0.0105. The van der Waals surface area contributed by atoms with Gasteiger partial charge in [0.2, 0.25) is 5.91 Å². The summed E-state index contributed by atoms with van der Waals surface area (Å²) in [6.07, 6.45) is 7.29. The number of hydrogen-bond acceptors (Lipinski definition) is 4. The van der Waals surface area contributed by atoms with Crippen molar-refractivity contribution in [2.45, 2.75) is 32.7 Å². The van der Waals surface area contributed by atoms with Crippen LogP contribution in [0.3, 0.4) is 0 Å². The SMILES string of the molecule is CCn1cnc2cc(NC(=O)CC3CCN(C(=O)c4cnn(C)c4)CC3)ccc21. The van der Waals surface area contributed by atoms with Crippen molar-refractivity contribution in [1.29, 1.82) is 0 Å². The van der Waals surface area contributed by atoms with Crippen molar-refractivity contribution in [3.8, 4) is 0 Å². The van der Waals surface area contributed by atoms with Crippen LogP contribution >= 0.6 is 0 Å². The largest absolute Gasteiger partial charge is 0.339 e. The molecule has 152 valence electrons. The molecule has 0 radical (unpaired) electrons. The summed E-state index contributed by atoms with van der Waals surface area (Å²) in [5, 5.41) is 7.05. The molecule has 29 heavy (non-hydrogen) atoms. The summed E-state index contributed by atoms with van der Waals surface area (Å²) >= 11 is 0. The van der Waals surface area contributed by atoms with E-state index in [1.165, 1.54) is 0 Å². The molecule has 0 spiro atoms. The first-order chi connectivity index (χ1) is 14.0. The first-order valence-electron chi connectivity index (χ1n) is 10.1. The normalized spacial score (nSPS) is 15.0. The second-order valence-corrected chi connectivity index (χ2v) is 7.62. The summed E-state index contributed by atoms with van der Waals surface area (Å²) in [7, 11) is 1.80. The van der Waals surface area contributed by atoms with Crippen LogP contribution in [0.25, 0.3) is 11.0 Å². The van der Waals surface area contributed by atoms with E-state index in [1.807, 2.05) is 29.4 Å². The van der Waals surface area contributed by atoms with Gasteiger partial charge in [0.25, 0.3) is 5.91 Å². The number of likely N-dealkylation sites (tertiary alicyclic amines) is 1. The summed E-state index contributed by atoms with van der Waals surface area (Å²) < 4.78 is 3.70. The summed E-state index contributed by atoms with van der Waals surface area (Å²) in [5.74, 6) is 0.313. The van der Waals surface area contributed by atoms with Gasteiger partial charge in [-0.15, -0.1) is 0 Å². The van der Waals surface area contributed by atoms with Gasteiger partial charge in [-0.25, -0.2) is 4.98 Å². The quantitative estimate of drug-likeness (QED) is 0.721. The number of hydrogen-bond donors (Lipinski definition) is 1. The monoisotopic (exact) mass is 394 g/mol. The highest BCUT2D eigenvalue weighted by atomic mass is 16.2. The smallest absolute Gasteiger partial charge is 0.257 e. The molecule has 3 heterocycles. The van der Waals surface area contributed by atoms with Crippen LogP contribution in [0, 0.1) is 5.92 Å². The second kappa shape index (κ2) is 8.06. The summed E-state index contributed by atoms with van der Waals surface area (Å²) in [4.78, 5) is 31.2. The highest BCUT2D eigenvalue weighted by molar-refractivity contribution is 5.94. The Hall–Kier alpha value is -3.16. The van der Waals surface area contributed by atoms with E-state index < -0.39 is 0 Å². The average Bonchev–Trinajstić information content (AvgIpc) is 3.33. The molecule has 1 fully saturated rings. The lowest BCUT2D eigenvalue weighted by molar-refractivity contribution is -0.117. The van der Waals surface area contributed by atoms with Crippen molar-refractivity contribution >= 4 is 28.5 Å². The molecule has 1 aliphatic rings. The maximum absolute atomic E-state index is 12.5. The molecule has 2 amide bonds. The Balaban J connectivity index is 1.29. The lowest BCUT2D eigenvalue weighted by Crippen LogP contribution is -2.39. The number of aromatic nitrogens is 4. The molecule has 0 bridgehead atoms. The van der Waals surface area contributed by atoms with Gasteiger partial charge < -0.3 is 14.8 Å². The number of carbonyl (C=O) groups is 2. The van der Waals surface area contributed by atoms with E-state index in [1.54, 1.807) is 24.1 Å². The molecule has 0 atom stereocenters. The molecular formula is C21H26N6O2. The van der Waals surface area contributed by atoms with E-state index in [0.717, 1.165) is 36.1 Å². The minimum atomic E-state index is 0.0105. The van der Waals surface area contributed by atoms with Gasteiger partial charge in [0, 0.05) is 45.0 Å². The third kappa shape index (κ3) is 4.16. The van der Waals surface area contributed by atoms with Gasteiger partial charge in [-0.2, -0.15) is 5.10 Å². The van der Waals surface area contributed by atoms with Crippen molar-refractivity contribution in [2.24, 2.45) is 13.0 Å². The number of fused-ring (bicyclic) bond motifs is 1. The Labute approximate surface area is 169 Å². The molecule has 3 aromatic rings. The lowest BCUT2D eigenvalue weighted by atomic mass is 9.93. The number of aryl methyl sites for hydroxylation is 2. The van der Waals surface area contributed by atoms with E-state index >= 15 is 0 Å². The highest BCUT2D eigenvalue weighted by Gasteiger charge is 2.25. The second-order valence-electron chi connectivity index (χ2n) is 7.62. The fraction of sp³-hybridized carbons (Fsp3) is 0.429. The molecule has 0 saturated carbocycles. The van der Waals surface area contributed by atoms with Gasteiger partial charge in [0.05, 0.1) is 29.1 Å². The van der Waals surface area contributed by atoms with Crippen molar-refractivity contribution in [3.63, 3.8) is 0 Å². The number of imidazole rings is 1. The summed E-state index contributed by atoms with van der Waals surface area (Å²) in [6.45, 7) is 4.29. The lowest BCUT2D eigenvalue weighted by Gasteiger charge is -2.31. The van der Waals surface area contributed by atoms with Crippen molar-refractivity contribution in [2.75, 3.05) is 18.4 Å². The van der Waals surface area contributed by atoms with Gasteiger partial charge >= 0.3 is 0 Å². The zero-order chi connectivity index (χ0) is 20.4. The standard InChI is InChI=1S/C21H26N6O2/c1-3-26-14-22-18-11-17(4-5-19(18)26)24-20(28)10-15-6-8-27(9-7-15)21(29)16-12-23-25(2)13-16/h4-5,11-15H,3,6-10H2,1-2H3,(H,24,28). The topological polar surface area (TPSA) is 85.1 Å². The minimum Gasteiger partial charge on any atom is -0.339 e. The number of benzene rings is 1. The van der Waals surface area contributed by atoms with Crippen LogP contribution in [0.2, 0.25) is 0 Å². The van der Waals surface area contributed by atoms with Gasteiger partial charge in [0.15, 0.2) is 0 Å². The predicted molar refractivity (Wildman–Crippen MR) is 110 cm³/mol. The molecule has 4 rings (SSSR count). The van der Waals surface area contributed by atoms with Gasteiger partial charge in [-0.05, 0) is 43.9 Å². The molecule has 8 heteroatoms. The predicted octanol–water partition coefficient (Wildman–Crippen LogP) is 2.67. The Morgan fingerprint density at radius 2 is 2.03 bits per heavy atom. The maximum Gasteiger partial charge on any atom is 0.257 e. The van der Waals surface area contributed by atoms with Gasteiger partial charge in [-0.3, -0.25) is 14.3 Å². The molecule has 0 unspecified atom stereocenters. The Bertz CT molecular complexity index is 1030. The third-order valence-corrected chi connectivity index (χ3v) is 5.57. The number of rotatable bonds is 5. The zero-order valence-electron chi connectivity index (χ0n) is 16.8. The summed E-state index contributed by atoms with van der Waals surface area (Å²) in [5.41, 5.74) is 3.33. The van der Waals surface area contributed by atoms with E-state index in [9.17, 15) is 9.59 Å². The number of piperidine rings is 1. The fourth-order valence-corrected chi connectivity index (χ4v) is 3.92. The highest BCUT2D eigenvalue weighted by Crippen LogP contribution is 2.23. The molecule has 8 nitrogen and oxygen atoms in total. The average molecular weight is 394 g/mol. The molecular weight excluding hydrogens is 368 g/mol. The molecule has 1 N–H and O–H groups in total. The first kappa shape index (κ1) is 19.2. The van der Waals surface area contributed by atoms with Crippen LogP contribution < -0.4 is 5.32 Å². The number of carbonyl (C=O) groups excluding carboxylic acids is 2. The first-order valence-corrected chi connectivity index (χ1v) is 10.1. The van der Waals surface area contributed by atoms with Crippen LogP contribution in [-0.2, 0) is 18.4 Å². The Morgan fingerprint density at radius 3 is 2.72 bits per heavy atom. The van der Waals surface area contributed by atoms with Crippen LogP contribution in [0.15, 0.2) is 36.9 Å². The van der Waals surface area contributed by atoms with Crippen molar-refractivity contribution in [3.05, 3.63) is 42.5 Å². The molecule has 0 aliphatic carbocycles. The van der Waals surface area contributed by atoms with Crippen molar-refractivity contribution < 1.29 is 9.59 Å². The van der Waals surface area contributed by atoms with E-state index in [-0.39, 0.29) is 17.7 Å². The van der Waals surface area contributed by atoms with Crippen LogP contribution in [-0.4, -0.2) is 49.1 Å². The van der Waals surface area contributed by atoms with Gasteiger partial charge in [-0.1, -0.05) is 0 Å². The van der Waals surface area contributed by atoms with Crippen molar-refractivity contribution in [1.82, 2.24) is 24.2 Å². The number of nitrogens with zero attached hydrogens (tertiary/aromatic N) is 5. The van der Waals surface area contributed by atoms with Crippen LogP contribution in [0.1, 0.15) is 36.5 Å². The number of nitrogens with one attached hydrogen (secondary N) is 1. The van der Waals surface area contributed by atoms with Crippen LogP contribution in [0.4, 0.5) is 5.69 Å². The third-order valence-electron chi connectivity index (χ3n) is 5.57. The number of anilines is 1. The Morgan fingerprint density at radius 1 is 1.24 bits per heavy atom. The zero-order valence-corrected chi connectivity index (χ0v) is 16.8. The van der Waals surface area contributed by atoms with E-state index in [2.05, 4.69) is 26.9 Å². The fourth-order valence-electron chi connectivity index (χ4n) is 3.92.